The highest BCUT2D eigenvalue weighted by Gasteiger charge is 2.15. The van der Waals surface area contributed by atoms with Gasteiger partial charge in [0, 0.05) is 21.9 Å². The first-order chi connectivity index (χ1) is 25.2. The molecule has 0 fully saturated rings. The summed E-state index contributed by atoms with van der Waals surface area (Å²) in [4.78, 5) is 13.3. The molecular weight excluding hydrogens is 586 g/mol. The molecule has 0 unspecified atom stereocenters. The van der Waals surface area contributed by atoms with Gasteiger partial charge in [0.25, 0.3) is 0 Å². The molecule has 0 saturated carbocycles. The van der Waals surface area contributed by atoms with Crippen molar-refractivity contribution in [3.8, 4) is 45.0 Å². The zero-order valence-electron chi connectivity index (χ0n) is 30.0. The first-order valence-electron chi connectivity index (χ1n) is 17.6. The third-order valence-corrected chi connectivity index (χ3v) is 8.25. The van der Waals surface area contributed by atoms with E-state index >= 15 is 0 Å². The summed E-state index contributed by atoms with van der Waals surface area (Å²) in [5.41, 5.74) is 4.53. The van der Waals surface area contributed by atoms with Crippen molar-refractivity contribution in [3.63, 3.8) is 0 Å². The molecule has 5 heteroatoms. The van der Waals surface area contributed by atoms with Crippen molar-refractivity contribution in [1.29, 1.82) is 0 Å². The van der Waals surface area contributed by atoms with Crippen molar-refractivity contribution >= 4 is 55.1 Å². The molecule has 0 atom stereocenters. The maximum absolute atomic E-state index is 9.21. The van der Waals surface area contributed by atoms with Crippen LogP contribution >= 0.6 is 11.6 Å². The summed E-state index contributed by atoms with van der Waals surface area (Å²) in [6.07, 6.45) is 0. The van der Waals surface area contributed by atoms with Gasteiger partial charge in [-0.1, -0.05) is 109 Å². The third-order valence-electron chi connectivity index (χ3n) is 8.08. The minimum absolute atomic E-state index is 0.0584. The molecule has 0 bridgehead atoms. The molecule has 0 spiro atoms. The molecule has 0 aliphatic heterocycles. The zero-order chi connectivity index (χ0) is 35.8. The van der Waals surface area contributed by atoms with Crippen LogP contribution in [-0.2, 0) is 0 Å². The van der Waals surface area contributed by atoms with Crippen LogP contribution in [0.25, 0.3) is 88.5 Å². The molecule has 0 saturated heterocycles. The van der Waals surface area contributed by atoms with Gasteiger partial charge in [0.15, 0.2) is 11.6 Å². The summed E-state index contributed by atoms with van der Waals surface area (Å²) in [6.45, 7) is 0. The van der Waals surface area contributed by atoms with Crippen LogP contribution in [0.5, 0.6) is 0 Å². The third kappa shape index (κ3) is 4.59. The lowest BCUT2D eigenvalue weighted by molar-refractivity contribution is 0.669. The lowest BCUT2D eigenvalue weighted by Crippen LogP contribution is -1.97. The number of para-hydroxylation sites is 1. The summed E-state index contributed by atoms with van der Waals surface area (Å²) in [7, 11) is 0. The van der Waals surface area contributed by atoms with Gasteiger partial charge in [0.05, 0.1) is 8.22 Å². The molecule has 0 N–H and O–H groups in total. The second-order valence-electron chi connectivity index (χ2n) is 10.9. The Hall–Kier alpha value is -5.84. The van der Waals surface area contributed by atoms with E-state index in [4.69, 9.17) is 22.9 Å². The first-order valence-corrected chi connectivity index (χ1v) is 15.0. The van der Waals surface area contributed by atoms with Gasteiger partial charge in [-0.25, -0.2) is 4.98 Å². The Morgan fingerprint density at radius 2 is 1.20 bits per heavy atom. The number of aromatic nitrogens is 3. The summed E-state index contributed by atoms with van der Waals surface area (Å²) in [5, 5.41) is 3.50. The molecule has 0 aliphatic carbocycles. The van der Waals surface area contributed by atoms with Gasteiger partial charge in [-0.2, -0.15) is 9.97 Å². The van der Waals surface area contributed by atoms with E-state index < -0.39 is 6.04 Å². The van der Waals surface area contributed by atoms with Crippen molar-refractivity contribution < 1.29 is 12.6 Å². The maximum Gasteiger partial charge on any atom is 0.226 e. The van der Waals surface area contributed by atoms with Gasteiger partial charge < -0.3 is 4.42 Å². The van der Waals surface area contributed by atoms with E-state index in [1.54, 1.807) is 6.07 Å². The number of benzene rings is 7. The minimum Gasteiger partial charge on any atom is -0.456 e. The highest BCUT2D eigenvalue weighted by atomic mass is 35.5. The van der Waals surface area contributed by atoms with Crippen molar-refractivity contribution in [2.24, 2.45) is 0 Å². The molecule has 46 heavy (non-hydrogen) atoms. The average molecular weight is 616 g/mol. The Balaban J connectivity index is 1.20. The molecule has 216 valence electrons. The highest BCUT2D eigenvalue weighted by molar-refractivity contribution is 6.28. The fourth-order valence-electron chi connectivity index (χ4n) is 5.91. The predicted molar refractivity (Wildman–Crippen MR) is 189 cm³/mol. The van der Waals surface area contributed by atoms with Crippen LogP contribution in [0.1, 0.15) is 8.22 Å². The molecule has 2 aromatic heterocycles. The van der Waals surface area contributed by atoms with E-state index in [-0.39, 0.29) is 69.0 Å². The van der Waals surface area contributed by atoms with Gasteiger partial charge >= 0.3 is 0 Å². The van der Waals surface area contributed by atoms with Gasteiger partial charge in [0.2, 0.25) is 5.28 Å². The second-order valence-corrected chi connectivity index (χ2v) is 11.3. The summed E-state index contributed by atoms with van der Waals surface area (Å²) in [6, 6.07) is 32.6. The Bertz CT molecular complexity index is 2960. The Kier molecular flexibility index (Phi) is 4.86. The highest BCUT2D eigenvalue weighted by Crippen LogP contribution is 2.38. The van der Waals surface area contributed by atoms with Crippen LogP contribution in [0.4, 0.5) is 0 Å². The second kappa shape index (κ2) is 10.7. The van der Waals surface area contributed by atoms with Gasteiger partial charge in [-0.05, 0) is 91.7 Å². The van der Waals surface area contributed by atoms with Crippen LogP contribution in [0.15, 0.2) is 150 Å². The standard InChI is InChI=1S/C41H24ClN3O/c42-41-44-39(32-10-5-9-31(24-32)34-12-6-14-37-38(34)35-11-3-4-13-36(35)46-37)43-40(45-41)33-20-19-29-22-28(17-18-30(29)23-33)27-16-15-25-7-1-2-8-26(25)21-27/h1-24H/i17D,18D,19D,20D,22D,23D. The molecular formula is C41H24ClN3O. The van der Waals surface area contributed by atoms with Crippen LogP contribution in [0, 0.1) is 0 Å². The van der Waals surface area contributed by atoms with Crippen molar-refractivity contribution in [3.05, 3.63) is 151 Å². The monoisotopic (exact) mass is 615 g/mol. The van der Waals surface area contributed by atoms with Gasteiger partial charge in [-0.15, -0.1) is 0 Å². The molecule has 0 amide bonds. The van der Waals surface area contributed by atoms with Gasteiger partial charge in [0.1, 0.15) is 11.2 Å². The lowest BCUT2D eigenvalue weighted by atomic mass is 9.97. The fourth-order valence-corrected chi connectivity index (χ4v) is 6.07. The van der Waals surface area contributed by atoms with Crippen LogP contribution < -0.4 is 0 Å². The fraction of sp³-hybridized carbons (Fsp3) is 0. The number of hydrogen-bond acceptors (Lipinski definition) is 4. The maximum atomic E-state index is 9.21. The number of rotatable bonds is 4. The minimum atomic E-state index is -0.395. The van der Waals surface area contributed by atoms with E-state index in [0.717, 1.165) is 43.8 Å². The Morgan fingerprint density at radius 1 is 0.500 bits per heavy atom. The van der Waals surface area contributed by atoms with Crippen molar-refractivity contribution in [2.75, 3.05) is 0 Å². The molecule has 4 nitrogen and oxygen atoms in total. The molecule has 9 rings (SSSR count). The topological polar surface area (TPSA) is 51.8 Å². The zero-order valence-corrected chi connectivity index (χ0v) is 24.8. The van der Waals surface area contributed by atoms with E-state index in [0.29, 0.717) is 11.1 Å². The lowest BCUT2D eigenvalue weighted by Gasteiger charge is -2.09. The molecule has 7 aromatic carbocycles. The summed E-state index contributed by atoms with van der Waals surface area (Å²) in [5.74, 6) is 0.0661. The largest absolute Gasteiger partial charge is 0.456 e. The van der Waals surface area contributed by atoms with E-state index in [2.05, 4.69) is 15.0 Å². The van der Waals surface area contributed by atoms with Gasteiger partial charge in [-0.3, -0.25) is 0 Å². The van der Waals surface area contributed by atoms with E-state index in [1.165, 1.54) is 0 Å². The smallest absolute Gasteiger partial charge is 0.226 e. The van der Waals surface area contributed by atoms with E-state index in [1.807, 2.05) is 103 Å². The summed E-state index contributed by atoms with van der Waals surface area (Å²) >= 11 is 6.47. The SMILES string of the molecule is [2H]c1c(-c2nc(Cl)nc(-c3cccc(-c4cccc5oc6ccccc6c45)c3)n2)c([2H])c2c([2H])c([2H])c(-c3ccc4ccccc4c3)c([2H])c2c1[2H]. The molecule has 9 aromatic rings. The predicted octanol–water partition coefficient (Wildman–Crippen LogP) is 11.4. The van der Waals surface area contributed by atoms with Crippen LogP contribution in [0.3, 0.4) is 0 Å². The molecule has 0 aliphatic rings. The quantitative estimate of drug-likeness (QED) is 0.198. The Morgan fingerprint density at radius 3 is 2.09 bits per heavy atom. The van der Waals surface area contributed by atoms with Crippen LogP contribution in [-0.4, -0.2) is 15.0 Å². The average Bonchev–Trinajstić information content (AvgIpc) is 3.54. The van der Waals surface area contributed by atoms with Crippen molar-refractivity contribution in [1.82, 2.24) is 15.0 Å². The van der Waals surface area contributed by atoms with Crippen molar-refractivity contribution in [2.45, 2.75) is 0 Å². The number of furan rings is 1. The van der Waals surface area contributed by atoms with E-state index in [9.17, 15) is 1.37 Å². The number of halogens is 1. The Labute approximate surface area is 278 Å². The summed E-state index contributed by atoms with van der Waals surface area (Å²) < 4.78 is 60.5. The normalized spacial score (nSPS) is 13.4. The number of nitrogens with zero attached hydrogens (tertiary/aromatic N) is 3. The first kappa shape index (κ1) is 21.0. The molecule has 2 heterocycles. The number of fused-ring (bicyclic) bond motifs is 5. The van der Waals surface area contributed by atoms with Crippen LogP contribution in [0.2, 0.25) is 5.28 Å². The number of hydrogen-bond donors (Lipinski definition) is 0. The molecule has 0 radical (unpaired) electrons.